The number of hydrogen-bond acceptors (Lipinski definition) is 4. The second-order valence-electron chi connectivity index (χ2n) is 2.45. The van der Waals surface area contributed by atoms with Crippen LogP contribution in [0.1, 0.15) is 12.6 Å². The van der Waals surface area contributed by atoms with Crippen molar-refractivity contribution in [2.45, 2.75) is 13.5 Å². The second kappa shape index (κ2) is 4.66. The van der Waals surface area contributed by atoms with Gasteiger partial charge in [-0.1, -0.05) is 0 Å². The molecule has 0 fully saturated rings. The van der Waals surface area contributed by atoms with Gasteiger partial charge in [0, 0.05) is 13.1 Å². The first-order valence-electron chi connectivity index (χ1n) is 4.06. The lowest BCUT2D eigenvalue weighted by molar-refractivity contribution is 0.784. The summed E-state index contributed by atoms with van der Waals surface area (Å²) in [5, 5.41) is 6.10. The Bertz CT molecular complexity index is 194. The average molecular weight is 166 g/mol. The molecular weight excluding hydrogens is 152 g/mol. The monoisotopic (exact) mass is 166 g/mol. The molecule has 1 aromatic rings. The van der Waals surface area contributed by atoms with Gasteiger partial charge in [-0.15, -0.1) is 0 Å². The van der Waals surface area contributed by atoms with Crippen LogP contribution in [0.25, 0.3) is 0 Å². The van der Waals surface area contributed by atoms with Crippen LogP contribution in [0.4, 0.5) is 5.82 Å². The van der Waals surface area contributed by atoms with E-state index in [0.717, 1.165) is 24.6 Å². The van der Waals surface area contributed by atoms with Gasteiger partial charge in [-0.25, -0.2) is 4.98 Å². The van der Waals surface area contributed by atoms with Gasteiger partial charge in [0.25, 0.3) is 0 Å². The molecule has 1 rings (SSSR count). The first-order valence-corrected chi connectivity index (χ1v) is 4.06. The number of anilines is 1. The molecule has 0 aliphatic heterocycles. The van der Waals surface area contributed by atoms with Crippen molar-refractivity contribution in [3.63, 3.8) is 0 Å². The Morgan fingerprint density at radius 1 is 1.33 bits per heavy atom. The molecule has 0 aliphatic rings. The lowest BCUT2D eigenvalue weighted by Crippen LogP contribution is -2.08. The smallest absolute Gasteiger partial charge is 0.144 e. The number of nitrogens with one attached hydrogen (secondary N) is 2. The summed E-state index contributed by atoms with van der Waals surface area (Å²) in [6.45, 7) is 3.67. The minimum absolute atomic E-state index is 0.763. The molecule has 2 N–H and O–H groups in total. The quantitative estimate of drug-likeness (QED) is 0.688. The highest BCUT2D eigenvalue weighted by Crippen LogP contribution is 1.99. The lowest BCUT2D eigenvalue weighted by Gasteiger charge is -2.02. The molecule has 0 saturated carbocycles. The minimum Gasteiger partial charge on any atom is -0.369 e. The Morgan fingerprint density at radius 3 is 2.67 bits per heavy atom. The maximum absolute atomic E-state index is 4.20. The van der Waals surface area contributed by atoms with E-state index in [1.165, 1.54) is 0 Å². The van der Waals surface area contributed by atoms with E-state index < -0.39 is 0 Å². The topological polar surface area (TPSA) is 49.8 Å². The van der Waals surface area contributed by atoms with Crippen LogP contribution in [-0.4, -0.2) is 23.6 Å². The molecule has 0 radical (unpaired) electrons. The molecule has 4 nitrogen and oxygen atoms in total. The summed E-state index contributed by atoms with van der Waals surface area (Å²) >= 11 is 0. The fraction of sp³-hybridized carbons (Fsp3) is 0.500. The standard InChI is InChI=1S/C8H14N4/c1-3-10-8-6-11-7(4-9-2)5-12-8/h5-6,9H,3-4H2,1-2H3,(H,10,12). The number of nitrogens with zero attached hydrogens (tertiary/aromatic N) is 2. The van der Waals surface area contributed by atoms with Crippen molar-refractivity contribution in [3.05, 3.63) is 18.1 Å². The van der Waals surface area contributed by atoms with Gasteiger partial charge in [0.2, 0.25) is 0 Å². The molecule has 0 atom stereocenters. The van der Waals surface area contributed by atoms with E-state index in [9.17, 15) is 0 Å². The van der Waals surface area contributed by atoms with Gasteiger partial charge < -0.3 is 10.6 Å². The van der Waals surface area contributed by atoms with Crippen molar-refractivity contribution in [2.75, 3.05) is 18.9 Å². The Morgan fingerprint density at radius 2 is 2.17 bits per heavy atom. The van der Waals surface area contributed by atoms with Gasteiger partial charge in [0.05, 0.1) is 18.1 Å². The highest BCUT2D eigenvalue weighted by Gasteiger charge is 1.93. The van der Waals surface area contributed by atoms with Crippen LogP contribution in [0.3, 0.4) is 0 Å². The van der Waals surface area contributed by atoms with Crippen LogP contribution in [0.2, 0.25) is 0 Å². The zero-order valence-electron chi connectivity index (χ0n) is 7.46. The largest absolute Gasteiger partial charge is 0.369 e. The lowest BCUT2D eigenvalue weighted by atomic mass is 10.4. The van der Waals surface area contributed by atoms with Crippen molar-refractivity contribution in [2.24, 2.45) is 0 Å². The zero-order valence-corrected chi connectivity index (χ0v) is 7.46. The third kappa shape index (κ3) is 2.47. The third-order valence-corrected chi connectivity index (χ3v) is 1.42. The predicted octanol–water partition coefficient (Wildman–Crippen LogP) is 0.628. The third-order valence-electron chi connectivity index (χ3n) is 1.42. The van der Waals surface area contributed by atoms with Crippen molar-refractivity contribution in [1.82, 2.24) is 15.3 Å². The fourth-order valence-electron chi connectivity index (χ4n) is 0.900. The first kappa shape index (κ1) is 8.93. The summed E-state index contributed by atoms with van der Waals surface area (Å²) in [4.78, 5) is 8.37. The molecule has 12 heavy (non-hydrogen) atoms. The van der Waals surface area contributed by atoms with Crippen molar-refractivity contribution >= 4 is 5.82 Å². The van der Waals surface area contributed by atoms with Gasteiger partial charge in [0.15, 0.2) is 0 Å². The SMILES string of the molecule is CCNc1cnc(CNC)cn1. The Labute approximate surface area is 72.4 Å². The molecule has 0 spiro atoms. The molecular formula is C8H14N4. The molecule has 0 aliphatic carbocycles. The van der Waals surface area contributed by atoms with Gasteiger partial charge in [-0.2, -0.15) is 0 Å². The van der Waals surface area contributed by atoms with E-state index in [2.05, 4.69) is 20.6 Å². The van der Waals surface area contributed by atoms with E-state index in [-0.39, 0.29) is 0 Å². The van der Waals surface area contributed by atoms with Crippen LogP contribution < -0.4 is 10.6 Å². The number of aromatic nitrogens is 2. The van der Waals surface area contributed by atoms with E-state index in [1.54, 1.807) is 12.4 Å². The molecule has 0 aromatic carbocycles. The zero-order chi connectivity index (χ0) is 8.81. The second-order valence-corrected chi connectivity index (χ2v) is 2.45. The average Bonchev–Trinajstić information content (AvgIpc) is 2.09. The normalized spacial score (nSPS) is 9.83. The summed E-state index contributed by atoms with van der Waals surface area (Å²) in [5.41, 5.74) is 0.958. The van der Waals surface area contributed by atoms with Crippen LogP contribution in [0.5, 0.6) is 0 Å². The van der Waals surface area contributed by atoms with Gasteiger partial charge in [0.1, 0.15) is 5.82 Å². The summed E-state index contributed by atoms with van der Waals surface area (Å²) in [6.07, 6.45) is 3.52. The summed E-state index contributed by atoms with van der Waals surface area (Å²) in [6, 6.07) is 0. The van der Waals surface area contributed by atoms with Crippen molar-refractivity contribution in [1.29, 1.82) is 0 Å². The molecule has 66 valence electrons. The molecule has 0 saturated heterocycles. The predicted molar refractivity (Wildman–Crippen MR) is 49.0 cm³/mol. The van der Waals surface area contributed by atoms with Crippen molar-refractivity contribution in [3.8, 4) is 0 Å². The maximum atomic E-state index is 4.20. The van der Waals surface area contributed by atoms with Crippen molar-refractivity contribution < 1.29 is 0 Å². The van der Waals surface area contributed by atoms with E-state index in [1.807, 2.05) is 14.0 Å². The van der Waals surface area contributed by atoms with Crippen LogP contribution in [-0.2, 0) is 6.54 Å². The Hall–Kier alpha value is -1.16. The molecule has 1 aromatic heterocycles. The van der Waals surface area contributed by atoms with E-state index >= 15 is 0 Å². The maximum Gasteiger partial charge on any atom is 0.144 e. The summed E-state index contributed by atoms with van der Waals surface area (Å²) in [5.74, 6) is 0.831. The highest BCUT2D eigenvalue weighted by atomic mass is 15.0. The Balaban J connectivity index is 2.58. The molecule has 1 heterocycles. The number of rotatable bonds is 4. The van der Waals surface area contributed by atoms with Gasteiger partial charge >= 0.3 is 0 Å². The fourth-order valence-corrected chi connectivity index (χ4v) is 0.900. The molecule has 0 bridgehead atoms. The summed E-state index contributed by atoms with van der Waals surface area (Å²) in [7, 11) is 1.89. The van der Waals surface area contributed by atoms with E-state index in [0.29, 0.717) is 0 Å². The highest BCUT2D eigenvalue weighted by molar-refractivity contribution is 5.30. The molecule has 0 amide bonds. The Kier molecular flexibility index (Phi) is 3.47. The van der Waals surface area contributed by atoms with Crippen LogP contribution in [0.15, 0.2) is 12.4 Å². The molecule has 0 unspecified atom stereocenters. The number of hydrogen-bond donors (Lipinski definition) is 2. The minimum atomic E-state index is 0.763. The molecule has 4 heteroatoms. The van der Waals surface area contributed by atoms with Gasteiger partial charge in [-0.3, -0.25) is 4.98 Å². The summed E-state index contributed by atoms with van der Waals surface area (Å²) < 4.78 is 0. The van der Waals surface area contributed by atoms with Crippen LogP contribution in [0, 0.1) is 0 Å². The van der Waals surface area contributed by atoms with E-state index in [4.69, 9.17) is 0 Å². The van der Waals surface area contributed by atoms with Crippen LogP contribution >= 0.6 is 0 Å². The van der Waals surface area contributed by atoms with Gasteiger partial charge in [-0.05, 0) is 14.0 Å². The first-order chi connectivity index (χ1) is 5.86.